The number of methoxy groups -OCH3 is 1. The van der Waals surface area contributed by atoms with Crippen molar-refractivity contribution in [1.82, 2.24) is 9.88 Å². The van der Waals surface area contributed by atoms with Crippen LogP contribution in [0.25, 0.3) is 0 Å². The first kappa shape index (κ1) is 16.9. The molecule has 2 rings (SSSR count). The van der Waals surface area contributed by atoms with Gasteiger partial charge in [0.05, 0.1) is 24.4 Å². The van der Waals surface area contributed by atoms with Gasteiger partial charge in [-0.2, -0.15) is 0 Å². The number of ether oxygens (including phenoxy) is 1. The summed E-state index contributed by atoms with van der Waals surface area (Å²) < 4.78 is 5.41. The lowest BCUT2D eigenvalue weighted by atomic mass is 10.2. The van der Waals surface area contributed by atoms with Crippen LogP contribution in [0.1, 0.15) is 36.0 Å². The van der Waals surface area contributed by atoms with E-state index < -0.39 is 0 Å². The van der Waals surface area contributed by atoms with Crippen LogP contribution in [0.2, 0.25) is 0 Å². The number of hydrogen-bond donors (Lipinski definition) is 1. The summed E-state index contributed by atoms with van der Waals surface area (Å²) in [4.78, 5) is 6.87. The Morgan fingerprint density at radius 3 is 2.68 bits per heavy atom. The van der Waals surface area contributed by atoms with Gasteiger partial charge in [-0.15, -0.1) is 11.3 Å². The van der Waals surface area contributed by atoms with Crippen molar-refractivity contribution in [3.05, 3.63) is 45.9 Å². The average molecular weight is 320 g/mol. The Balaban J connectivity index is 2.08. The molecular formula is C17H24N2O2S. The van der Waals surface area contributed by atoms with Crippen LogP contribution in [0.15, 0.2) is 29.6 Å². The fourth-order valence-electron chi connectivity index (χ4n) is 2.32. The standard InChI is InChI=1S/C17H24N2O2S/c1-13(2)17-18-15(12-22-17)11-19(8-9-20)10-14-6-4-5-7-16(14)21-3/h4-7,12-13,20H,8-11H2,1-3H3. The number of nitrogens with zero attached hydrogens (tertiary/aromatic N) is 2. The summed E-state index contributed by atoms with van der Waals surface area (Å²) in [6.07, 6.45) is 0. The van der Waals surface area contributed by atoms with Gasteiger partial charge in [0.2, 0.25) is 0 Å². The number of para-hydroxylation sites is 1. The molecule has 1 aromatic heterocycles. The van der Waals surface area contributed by atoms with Gasteiger partial charge in [0.25, 0.3) is 0 Å². The second-order valence-corrected chi connectivity index (χ2v) is 6.47. The van der Waals surface area contributed by atoms with E-state index in [0.29, 0.717) is 12.5 Å². The van der Waals surface area contributed by atoms with Crippen molar-refractivity contribution in [2.24, 2.45) is 0 Å². The third-order valence-electron chi connectivity index (χ3n) is 3.45. The summed E-state index contributed by atoms with van der Waals surface area (Å²) in [5, 5.41) is 12.6. The van der Waals surface area contributed by atoms with Crippen LogP contribution in [-0.2, 0) is 13.1 Å². The molecule has 0 saturated carbocycles. The van der Waals surface area contributed by atoms with E-state index in [-0.39, 0.29) is 6.61 Å². The lowest BCUT2D eigenvalue weighted by molar-refractivity contribution is 0.181. The first-order valence-electron chi connectivity index (χ1n) is 7.53. The van der Waals surface area contributed by atoms with Crippen LogP contribution in [0, 0.1) is 0 Å². The van der Waals surface area contributed by atoms with Gasteiger partial charge in [0.1, 0.15) is 5.75 Å². The number of thiazole rings is 1. The molecule has 0 unspecified atom stereocenters. The maximum atomic E-state index is 9.32. The average Bonchev–Trinajstić information content (AvgIpc) is 2.97. The Bertz CT molecular complexity index is 584. The molecular weight excluding hydrogens is 296 g/mol. The van der Waals surface area contributed by atoms with E-state index >= 15 is 0 Å². The van der Waals surface area contributed by atoms with Gasteiger partial charge in [-0.25, -0.2) is 4.98 Å². The highest BCUT2D eigenvalue weighted by Crippen LogP contribution is 2.22. The van der Waals surface area contributed by atoms with Crippen molar-refractivity contribution in [3.8, 4) is 5.75 Å². The molecule has 22 heavy (non-hydrogen) atoms. The van der Waals surface area contributed by atoms with Gasteiger partial charge in [-0.05, 0) is 6.07 Å². The summed E-state index contributed by atoms with van der Waals surface area (Å²) in [5.74, 6) is 1.34. The zero-order valence-electron chi connectivity index (χ0n) is 13.5. The van der Waals surface area contributed by atoms with Crippen molar-refractivity contribution < 1.29 is 9.84 Å². The normalized spacial score (nSPS) is 11.4. The zero-order valence-corrected chi connectivity index (χ0v) is 14.3. The molecule has 0 spiro atoms. The number of benzene rings is 1. The molecule has 0 fully saturated rings. The Morgan fingerprint density at radius 2 is 2.05 bits per heavy atom. The Morgan fingerprint density at radius 1 is 1.27 bits per heavy atom. The van der Waals surface area contributed by atoms with Gasteiger partial charge in [-0.1, -0.05) is 32.0 Å². The molecule has 0 bridgehead atoms. The van der Waals surface area contributed by atoms with Gasteiger partial charge in [0, 0.05) is 36.5 Å². The van der Waals surface area contributed by atoms with Crippen LogP contribution in [0.4, 0.5) is 0 Å². The van der Waals surface area contributed by atoms with Gasteiger partial charge in [0.15, 0.2) is 0 Å². The monoisotopic (exact) mass is 320 g/mol. The molecule has 1 heterocycles. The molecule has 5 heteroatoms. The predicted octanol–water partition coefficient (Wildman–Crippen LogP) is 3.27. The van der Waals surface area contributed by atoms with E-state index in [2.05, 4.69) is 35.2 Å². The molecule has 0 saturated heterocycles. The fourth-order valence-corrected chi connectivity index (χ4v) is 3.15. The third-order valence-corrected chi connectivity index (χ3v) is 4.65. The smallest absolute Gasteiger partial charge is 0.123 e. The summed E-state index contributed by atoms with van der Waals surface area (Å²) in [7, 11) is 1.69. The molecule has 4 nitrogen and oxygen atoms in total. The van der Waals surface area contributed by atoms with Crippen molar-refractivity contribution in [2.45, 2.75) is 32.9 Å². The maximum Gasteiger partial charge on any atom is 0.123 e. The minimum absolute atomic E-state index is 0.135. The molecule has 1 aromatic carbocycles. The maximum absolute atomic E-state index is 9.32. The number of aliphatic hydroxyl groups excluding tert-OH is 1. The quantitative estimate of drug-likeness (QED) is 0.811. The molecule has 0 aliphatic rings. The van der Waals surface area contributed by atoms with E-state index in [1.54, 1.807) is 18.4 Å². The highest BCUT2D eigenvalue weighted by atomic mass is 32.1. The molecule has 0 aliphatic carbocycles. The second kappa shape index (κ2) is 8.27. The van der Waals surface area contributed by atoms with Gasteiger partial charge in [-0.3, -0.25) is 4.90 Å². The Kier molecular flexibility index (Phi) is 6.36. The van der Waals surface area contributed by atoms with Crippen molar-refractivity contribution >= 4 is 11.3 Å². The van der Waals surface area contributed by atoms with E-state index in [0.717, 1.165) is 35.1 Å². The van der Waals surface area contributed by atoms with Crippen molar-refractivity contribution in [1.29, 1.82) is 0 Å². The van der Waals surface area contributed by atoms with Crippen LogP contribution in [0.5, 0.6) is 5.75 Å². The highest BCUT2D eigenvalue weighted by Gasteiger charge is 2.13. The van der Waals surface area contributed by atoms with E-state index in [1.165, 1.54) is 0 Å². The summed E-state index contributed by atoms with van der Waals surface area (Å²) in [6.45, 7) is 6.54. The van der Waals surface area contributed by atoms with Crippen LogP contribution >= 0.6 is 11.3 Å². The Labute approximate surface area is 136 Å². The van der Waals surface area contributed by atoms with E-state index in [1.807, 2.05) is 18.2 Å². The summed E-state index contributed by atoms with van der Waals surface area (Å²) >= 11 is 1.71. The van der Waals surface area contributed by atoms with Gasteiger partial charge >= 0.3 is 0 Å². The first-order chi connectivity index (χ1) is 10.6. The third kappa shape index (κ3) is 4.53. The minimum atomic E-state index is 0.135. The second-order valence-electron chi connectivity index (χ2n) is 5.58. The predicted molar refractivity (Wildman–Crippen MR) is 90.4 cm³/mol. The van der Waals surface area contributed by atoms with Crippen molar-refractivity contribution in [2.75, 3.05) is 20.3 Å². The Hall–Kier alpha value is -1.43. The number of hydrogen-bond acceptors (Lipinski definition) is 5. The van der Waals surface area contributed by atoms with Crippen LogP contribution in [0.3, 0.4) is 0 Å². The van der Waals surface area contributed by atoms with Crippen molar-refractivity contribution in [3.63, 3.8) is 0 Å². The SMILES string of the molecule is COc1ccccc1CN(CCO)Cc1csc(C(C)C)n1. The molecule has 0 aliphatic heterocycles. The van der Waals surface area contributed by atoms with Gasteiger partial charge < -0.3 is 9.84 Å². The number of aromatic nitrogens is 1. The lowest BCUT2D eigenvalue weighted by Crippen LogP contribution is -2.26. The number of rotatable bonds is 8. The summed E-state index contributed by atoms with van der Waals surface area (Å²) in [5.41, 5.74) is 2.19. The molecule has 1 N–H and O–H groups in total. The molecule has 2 aromatic rings. The lowest BCUT2D eigenvalue weighted by Gasteiger charge is -2.21. The number of aliphatic hydroxyl groups is 1. The summed E-state index contributed by atoms with van der Waals surface area (Å²) in [6, 6.07) is 8.00. The topological polar surface area (TPSA) is 45.6 Å². The highest BCUT2D eigenvalue weighted by molar-refractivity contribution is 7.09. The fraction of sp³-hybridized carbons (Fsp3) is 0.471. The van der Waals surface area contributed by atoms with E-state index in [9.17, 15) is 5.11 Å². The largest absolute Gasteiger partial charge is 0.496 e. The molecule has 120 valence electrons. The molecule has 0 radical (unpaired) electrons. The molecule has 0 atom stereocenters. The van der Waals surface area contributed by atoms with E-state index in [4.69, 9.17) is 4.74 Å². The zero-order chi connectivity index (χ0) is 15.9. The minimum Gasteiger partial charge on any atom is -0.496 e. The molecule has 0 amide bonds. The first-order valence-corrected chi connectivity index (χ1v) is 8.41. The van der Waals surface area contributed by atoms with Crippen LogP contribution < -0.4 is 4.74 Å². The van der Waals surface area contributed by atoms with Crippen LogP contribution in [-0.4, -0.2) is 35.3 Å².